The second-order valence-electron chi connectivity index (χ2n) is 7.85. The maximum atomic E-state index is 12.6. The first-order valence-electron chi connectivity index (χ1n) is 11.0. The van der Waals surface area contributed by atoms with Crippen molar-refractivity contribution in [3.8, 4) is 11.6 Å². The Morgan fingerprint density at radius 3 is 2.50 bits per heavy atom. The number of rotatable bonds is 7. The average molecular weight is 461 g/mol. The summed E-state index contributed by atoms with van der Waals surface area (Å²) in [5.74, 6) is 1.83. The van der Waals surface area contributed by atoms with E-state index in [1.165, 1.54) is 28.1 Å². The van der Waals surface area contributed by atoms with E-state index < -0.39 is 0 Å². The number of nitrogens with one attached hydrogen (secondary N) is 1. The van der Waals surface area contributed by atoms with Crippen LogP contribution in [0.4, 0.5) is 5.82 Å². The van der Waals surface area contributed by atoms with Gasteiger partial charge in [0.15, 0.2) is 17.5 Å². The van der Waals surface area contributed by atoms with E-state index in [0.717, 1.165) is 18.9 Å². The monoisotopic (exact) mass is 461 g/mol. The van der Waals surface area contributed by atoms with Gasteiger partial charge in [0.2, 0.25) is 5.91 Å². The molecule has 0 spiro atoms. The van der Waals surface area contributed by atoms with Gasteiger partial charge in [-0.3, -0.25) is 9.59 Å². The van der Waals surface area contributed by atoms with Crippen molar-refractivity contribution in [2.75, 3.05) is 24.5 Å². The van der Waals surface area contributed by atoms with Gasteiger partial charge in [-0.2, -0.15) is 10.2 Å². The van der Waals surface area contributed by atoms with Gasteiger partial charge in [-0.15, -0.1) is 15.3 Å². The number of anilines is 1. The van der Waals surface area contributed by atoms with Crippen molar-refractivity contribution in [1.82, 2.24) is 49.8 Å². The molecule has 5 rings (SSSR count). The average Bonchev–Trinajstić information content (AvgIpc) is 3.60. The fourth-order valence-corrected chi connectivity index (χ4v) is 3.86. The Kier molecular flexibility index (Phi) is 6.05. The fourth-order valence-electron chi connectivity index (χ4n) is 3.86. The maximum absolute atomic E-state index is 12.6. The molecule has 34 heavy (non-hydrogen) atoms. The molecule has 0 aromatic carbocycles. The third-order valence-electron chi connectivity index (χ3n) is 5.69. The van der Waals surface area contributed by atoms with E-state index in [1.807, 2.05) is 24.4 Å². The van der Waals surface area contributed by atoms with Gasteiger partial charge in [0.05, 0.1) is 6.54 Å². The zero-order chi connectivity index (χ0) is 23.3. The lowest BCUT2D eigenvalue weighted by molar-refractivity contribution is -0.125. The third kappa shape index (κ3) is 4.67. The van der Waals surface area contributed by atoms with Crippen molar-refractivity contribution in [3.05, 3.63) is 65.7 Å². The second-order valence-corrected chi connectivity index (χ2v) is 7.85. The van der Waals surface area contributed by atoms with Crippen molar-refractivity contribution >= 4 is 11.7 Å². The molecular weight excluding hydrogens is 438 g/mol. The molecular formula is C21H23N11O2. The highest BCUT2D eigenvalue weighted by Gasteiger charge is 2.25. The van der Waals surface area contributed by atoms with Gasteiger partial charge in [0, 0.05) is 44.0 Å². The number of amides is 1. The van der Waals surface area contributed by atoms with Crippen molar-refractivity contribution in [2.24, 2.45) is 5.92 Å². The smallest absolute Gasteiger partial charge is 0.266 e. The second kappa shape index (κ2) is 9.60. The summed E-state index contributed by atoms with van der Waals surface area (Å²) in [5, 5.41) is 23.9. The van der Waals surface area contributed by atoms with E-state index >= 15 is 0 Å². The molecule has 0 unspecified atom stereocenters. The molecule has 0 aliphatic carbocycles. The Morgan fingerprint density at radius 1 is 1.00 bits per heavy atom. The molecule has 1 N–H and O–H groups in total. The highest BCUT2D eigenvalue weighted by atomic mass is 16.2. The zero-order valence-electron chi connectivity index (χ0n) is 18.3. The lowest BCUT2D eigenvalue weighted by Crippen LogP contribution is -2.42. The Morgan fingerprint density at radius 2 is 1.79 bits per heavy atom. The minimum atomic E-state index is -0.244. The van der Waals surface area contributed by atoms with Crippen LogP contribution in [-0.2, 0) is 11.3 Å². The molecule has 1 amide bonds. The number of aromatic nitrogens is 9. The Bertz CT molecular complexity index is 1280. The molecule has 4 aromatic rings. The lowest BCUT2D eigenvalue weighted by Gasteiger charge is -2.31. The lowest BCUT2D eigenvalue weighted by atomic mass is 9.96. The van der Waals surface area contributed by atoms with Gasteiger partial charge in [-0.25, -0.2) is 19.0 Å². The summed E-state index contributed by atoms with van der Waals surface area (Å²) in [6.45, 7) is 2.01. The first-order valence-corrected chi connectivity index (χ1v) is 11.0. The minimum absolute atomic E-state index is 0.0137. The van der Waals surface area contributed by atoms with Gasteiger partial charge in [-0.05, 0) is 37.1 Å². The van der Waals surface area contributed by atoms with Crippen LogP contribution in [0.5, 0.6) is 0 Å². The molecule has 1 aliphatic heterocycles. The van der Waals surface area contributed by atoms with Gasteiger partial charge >= 0.3 is 0 Å². The maximum Gasteiger partial charge on any atom is 0.266 e. The van der Waals surface area contributed by atoms with E-state index in [-0.39, 0.29) is 23.9 Å². The number of hydrogen-bond donors (Lipinski definition) is 1. The molecule has 13 nitrogen and oxygen atoms in total. The van der Waals surface area contributed by atoms with Crippen LogP contribution in [0.2, 0.25) is 0 Å². The number of carbonyl (C=O) groups excluding carboxylic acids is 1. The first-order chi connectivity index (χ1) is 16.7. The van der Waals surface area contributed by atoms with Gasteiger partial charge in [0.25, 0.3) is 5.56 Å². The van der Waals surface area contributed by atoms with Crippen LogP contribution in [0.3, 0.4) is 0 Å². The largest absolute Gasteiger partial charge is 0.355 e. The summed E-state index contributed by atoms with van der Waals surface area (Å²) in [4.78, 5) is 30.8. The summed E-state index contributed by atoms with van der Waals surface area (Å²) in [7, 11) is 0. The van der Waals surface area contributed by atoms with Crippen LogP contribution in [0.25, 0.3) is 11.6 Å². The van der Waals surface area contributed by atoms with Gasteiger partial charge in [0.1, 0.15) is 12.7 Å². The summed E-state index contributed by atoms with van der Waals surface area (Å²) < 4.78 is 4.44. The summed E-state index contributed by atoms with van der Waals surface area (Å²) in [5.41, 5.74) is -0.244. The number of carbonyl (C=O) groups is 1. The van der Waals surface area contributed by atoms with Crippen LogP contribution >= 0.6 is 0 Å². The van der Waals surface area contributed by atoms with Gasteiger partial charge < -0.3 is 10.2 Å². The predicted molar refractivity (Wildman–Crippen MR) is 121 cm³/mol. The molecule has 0 atom stereocenters. The molecule has 1 fully saturated rings. The van der Waals surface area contributed by atoms with Gasteiger partial charge in [-0.1, -0.05) is 0 Å². The standard InChI is InChI=1S/C21H23N11O2/c33-20-5-4-19(32-15-22-14-25-32)28-31(20)13-9-23-21(34)16-6-11-29(12-7-16)17-2-3-18(27-26-17)30-10-1-8-24-30/h1-5,8,10,14-16H,6-7,9,11-13H2,(H,23,34). The topological polar surface area (TPSA) is 142 Å². The quantitative estimate of drug-likeness (QED) is 0.397. The molecule has 174 valence electrons. The van der Waals surface area contributed by atoms with Crippen LogP contribution < -0.4 is 15.8 Å². The van der Waals surface area contributed by atoms with Crippen LogP contribution in [0.1, 0.15) is 12.8 Å². The van der Waals surface area contributed by atoms with E-state index in [9.17, 15) is 9.59 Å². The van der Waals surface area contributed by atoms with Crippen molar-refractivity contribution in [1.29, 1.82) is 0 Å². The summed E-state index contributed by atoms with van der Waals surface area (Å²) in [6.07, 6.45) is 7.84. The Balaban J connectivity index is 1.11. The summed E-state index contributed by atoms with van der Waals surface area (Å²) in [6, 6.07) is 8.63. The van der Waals surface area contributed by atoms with Crippen molar-refractivity contribution in [2.45, 2.75) is 19.4 Å². The molecule has 1 saturated heterocycles. The highest BCUT2D eigenvalue weighted by molar-refractivity contribution is 5.78. The molecule has 0 bridgehead atoms. The number of nitrogens with zero attached hydrogens (tertiary/aromatic N) is 10. The predicted octanol–water partition coefficient (Wildman–Crippen LogP) is -0.167. The molecule has 0 saturated carbocycles. The molecule has 0 radical (unpaired) electrons. The normalized spacial score (nSPS) is 14.3. The minimum Gasteiger partial charge on any atom is -0.355 e. The van der Waals surface area contributed by atoms with E-state index in [2.05, 4.69) is 40.7 Å². The molecule has 4 aromatic heterocycles. The molecule has 5 heterocycles. The third-order valence-corrected chi connectivity index (χ3v) is 5.69. The van der Waals surface area contributed by atoms with E-state index in [4.69, 9.17) is 0 Å². The number of piperidine rings is 1. The van der Waals surface area contributed by atoms with Crippen LogP contribution in [0, 0.1) is 5.92 Å². The van der Waals surface area contributed by atoms with Crippen LogP contribution in [-0.4, -0.2) is 70.1 Å². The van der Waals surface area contributed by atoms with E-state index in [1.54, 1.807) is 16.9 Å². The Labute approximate surface area is 194 Å². The fraction of sp³-hybridized carbons (Fsp3) is 0.333. The molecule has 13 heteroatoms. The Hall–Kier alpha value is -4.42. The number of hydrogen-bond acceptors (Lipinski definition) is 9. The molecule has 1 aliphatic rings. The van der Waals surface area contributed by atoms with Crippen LogP contribution in [0.15, 0.2) is 60.2 Å². The summed E-state index contributed by atoms with van der Waals surface area (Å²) >= 11 is 0. The first kappa shape index (κ1) is 21.4. The zero-order valence-corrected chi connectivity index (χ0v) is 18.3. The highest BCUT2D eigenvalue weighted by Crippen LogP contribution is 2.22. The van der Waals surface area contributed by atoms with Crippen molar-refractivity contribution in [3.63, 3.8) is 0 Å². The van der Waals surface area contributed by atoms with Crippen molar-refractivity contribution < 1.29 is 4.79 Å². The van der Waals surface area contributed by atoms with E-state index in [0.29, 0.717) is 31.0 Å². The SMILES string of the molecule is O=C(NCCn1nc(-n2cncn2)ccc1=O)C1CCN(c2ccc(-n3cccn3)nn2)CC1.